The molecule has 0 aliphatic heterocycles. The lowest BCUT2D eigenvalue weighted by Gasteiger charge is -2.06. The quantitative estimate of drug-likeness (QED) is 0.504. The van der Waals surface area contributed by atoms with Gasteiger partial charge in [0, 0.05) is 5.56 Å². The fourth-order valence-corrected chi connectivity index (χ4v) is 2.62. The number of ether oxygens (including phenoxy) is 1. The summed E-state index contributed by atoms with van der Waals surface area (Å²) in [7, 11) is 1.55. The van der Waals surface area contributed by atoms with E-state index in [-0.39, 0.29) is 16.9 Å². The van der Waals surface area contributed by atoms with Gasteiger partial charge in [-0.05, 0) is 36.4 Å². The van der Waals surface area contributed by atoms with Crippen molar-refractivity contribution in [2.24, 2.45) is 0 Å². The zero-order chi connectivity index (χ0) is 19.4. The van der Waals surface area contributed by atoms with Gasteiger partial charge in [0.2, 0.25) is 11.8 Å². The average Bonchev–Trinajstić information content (AvgIpc) is 3.16. The Labute approximate surface area is 155 Å². The van der Waals surface area contributed by atoms with Crippen LogP contribution in [0.5, 0.6) is 5.75 Å². The van der Waals surface area contributed by atoms with E-state index in [0.717, 1.165) is 23.9 Å². The molecule has 1 heterocycles. The number of nitrogens with one attached hydrogen (secondary N) is 1. The Kier molecular flexibility index (Phi) is 5.65. The van der Waals surface area contributed by atoms with Crippen LogP contribution >= 0.6 is 11.8 Å². The summed E-state index contributed by atoms with van der Waals surface area (Å²) in [6.07, 6.45) is 0. The second-order valence-corrected chi connectivity index (χ2v) is 6.09. The third-order valence-corrected chi connectivity index (χ3v) is 4.20. The molecule has 1 aromatic heterocycles. The van der Waals surface area contributed by atoms with Crippen molar-refractivity contribution in [3.8, 4) is 17.2 Å². The predicted octanol–water partition coefficient (Wildman–Crippen LogP) is 3.89. The van der Waals surface area contributed by atoms with Crippen molar-refractivity contribution in [1.29, 1.82) is 0 Å². The SMILES string of the molecule is COc1ccc(-c2nnc(SCC(=O)Nc3ccc(F)c(F)c3F)o2)cc1. The Morgan fingerprint density at radius 1 is 1.11 bits per heavy atom. The number of nitrogens with zero attached hydrogens (tertiary/aromatic N) is 2. The van der Waals surface area contributed by atoms with Gasteiger partial charge in [0.05, 0.1) is 18.6 Å². The third-order valence-electron chi connectivity index (χ3n) is 3.38. The maximum atomic E-state index is 13.5. The molecular formula is C17H12F3N3O3S. The Morgan fingerprint density at radius 3 is 2.56 bits per heavy atom. The number of anilines is 1. The minimum Gasteiger partial charge on any atom is -0.497 e. The number of hydrogen-bond acceptors (Lipinski definition) is 6. The van der Waals surface area contributed by atoms with Gasteiger partial charge in [0.1, 0.15) is 5.75 Å². The largest absolute Gasteiger partial charge is 0.497 e. The number of thioether (sulfide) groups is 1. The highest BCUT2D eigenvalue weighted by atomic mass is 32.2. The van der Waals surface area contributed by atoms with Crippen molar-refractivity contribution in [2.75, 3.05) is 18.2 Å². The Hall–Kier alpha value is -3.01. The number of methoxy groups -OCH3 is 1. The molecule has 27 heavy (non-hydrogen) atoms. The summed E-state index contributed by atoms with van der Waals surface area (Å²) >= 11 is 0.917. The zero-order valence-corrected chi connectivity index (χ0v) is 14.6. The standard InChI is InChI=1S/C17H12F3N3O3S/c1-25-10-4-2-9(3-5-10)16-22-23-17(26-16)27-8-13(24)21-12-7-6-11(18)14(19)15(12)20/h2-7H,8H2,1H3,(H,21,24). The minimum atomic E-state index is -1.65. The Balaban J connectivity index is 1.59. The zero-order valence-electron chi connectivity index (χ0n) is 13.8. The molecule has 10 heteroatoms. The van der Waals surface area contributed by atoms with E-state index in [1.54, 1.807) is 31.4 Å². The van der Waals surface area contributed by atoms with E-state index < -0.39 is 29.0 Å². The van der Waals surface area contributed by atoms with Gasteiger partial charge in [-0.3, -0.25) is 4.79 Å². The molecule has 0 spiro atoms. The molecule has 0 atom stereocenters. The Bertz CT molecular complexity index is 964. The van der Waals surface area contributed by atoms with Crippen LogP contribution in [-0.2, 0) is 4.79 Å². The van der Waals surface area contributed by atoms with Gasteiger partial charge >= 0.3 is 0 Å². The molecule has 2 aromatic carbocycles. The lowest BCUT2D eigenvalue weighted by Crippen LogP contribution is -2.15. The number of carbonyl (C=O) groups excluding carboxylic acids is 1. The van der Waals surface area contributed by atoms with Crippen LogP contribution in [0.1, 0.15) is 0 Å². The van der Waals surface area contributed by atoms with Crippen LogP contribution in [0.4, 0.5) is 18.9 Å². The first-order valence-corrected chi connectivity index (χ1v) is 8.50. The van der Waals surface area contributed by atoms with E-state index in [9.17, 15) is 18.0 Å². The van der Waals surface area contributed by atoms with Gasteiger partial charge in [-0.1, -0.05) is 11.8 Å². The van der Waals surface area contributed by atoms with Gasteiger partial charge in [0.25, 0.3) is 5.22 Å². The molecule has 3 aromatic rings. The molecular weight excluding hydrogens is 383 g/mol. The number of rotatable bonds is 6. The lowest BCUT2D eigenvalue weighted by molar-refractivity contribution is -0.113. The number of halogens is 3. The van der Waals surface area contributed by atoms with Crippen molar-refractivity contribution in [3.63, 3.8) is 0 Å². The first kappa shape index (κ1) is 18.8. The first-order chi connectivity index (χ1) is 13.0. The smallest absolute Gasteiger partial charge is 0.277 e. The second-order valence-electron chi connectivity index (χ2n) is 5.16. The molecule has 1 N–H and O–H groups in total. The van der Waals surface area contributed by atoms with Gasteiger partial charge in [0.15, 0.2) is 17.5 Å². The predicted molar refractivity (Wildman–Crippen MR) is 92.0 cm³/mol. The van der Waals surface area contributed by atoms with Crippen molar-refractivity contribution in [2.45, 2.75) is 5.22 Å². The fourth-order valence-electron chi connectivity index (χ4n) is 2.05. The van der Waals surface area contributed by atoms with E-state index in [2.05, 4.69) is 15.5 Å². The van der Waals surface area contributed by atoms with Crippen LogP contribution in [0.15, 0.2) is 46.0 Å². The van der Waals surface area contributed by atoms with Crippen molar-refractivity contribution in [1.82, 2.24) is 10.2 Å². The summed E-state index contributed by atoms with van der Waals surface area (Å²) in [5.41, 5.74) is 0.215. The highest BCUT2D eigenvalue weighted by Gasteiger charge is 2.16. The average molecular weight is 395 g/mol. The van der Waals surface area contributed by atoms with Crippen LogP contribution in [-0.4, -0.2) is 29.0 Å². The van der Waals surface area contributed by atoms with Crippen LogP contribution in [0, 0.1) is 17.5 Å². The second kappa shape index (κ2) is 8.12. The topological polar surface area (TPSA) is 77.2 Å². The van der Waals surface area contributed by atoms with Gasteiger partial charge in [-0.25, -0.2) is 13.2 Å². The monoisotopic (exact) mass is 395 g/mol. The van der Waals surface area contributed by atoms with Crippen LogP contribution in [0.25, 0.3) is 11.5 Å². The maximum Gasteiger partial charge on any atom is 0.277 e. The molecule has 3 rings (SSSR count). The maximum absolute atomic E-state index is 13.5. The number of hydrogen-bond donors (Lipinski definition) is 1. The molecule has 0 bridgehead atoms. The molecule has 6 nitrogen and oxygen atoms in total. The summed E-state index contributed by atoms with van der Waals surface area (Å²) in [5.74, 6) is -4.36. The van der Waals surface area contributed by atoms with Gasteiger partial charge in [-0.15, -0.1) is 10.2 Å². The van der Waals surface area contributed by atoms with E-state index >= 15 is 0 Å². The Morgan fingerprint density at radius 2 is 1.85 bits per heavy atom. The fraction of sp³-hybridized carbons (Fsp3) is 0.118. The number of carbonyl (C=O) groups is 1. The molecule has 0 fully saturated rings. The molecule has 1 amide bonds. The summed E-state index contributed by atoms with van der Waals surface area (Å²) in [6.45, 7) is 0. The third kappa shape index (κ3) is 4.40. The van der Waals surface area contributed by atoms with Crippen LogP contribution < -0.4 is 10.1 Å². The molecule has 0 aliphatic carbocycles. The van der Waals surface area contributed by atoms with E-state index in [1.807, 2.05) is 0 Å². The number of amides is 1. The summed E-state index contributed by atoms with van der Waals surface area (Å²) in [4.78, 5) is 11.9. The van der Waals surface area contributed by atoms with Gasteiger partial charge < -0.3 is 14.5 Å². The van der Waals surface area contributed by atoms with Crippen LogP contribution in [0.3, 0.4) is 0 Å². The van der Waals surface area contributed by atoms with E-state index in [0.29, 0.717) is 11.3 Å². The summed E-state index contributed by atoms with van der Waals surface area (Å²) in [6, 6.07) is 8.59. The minimum absolute atomic E-state index is 0.127. The van der Waals surface area contributed by atoms with Gasteiger partial charge in [-0.2, -0.15) is 0 Å². The number of benzene rings is 2. The van der Waals surface area contributed by atoms with Crippen molar-refractivity contribution < 1.29 is 27.1 Å². The molecule has 0 saturated carbocycles. The highest BCUT2D eigenvalue weighted by molar-refractivity contribution is 7.99. The highest BCUT2D eigenvalue weighted by Crippen LogP contribution is 2.25. The van der Waals surface area contributed by atoms with E-state index in [1.165, 1.54) is 0 Å². The van der Waals surface area contributed by atoms with Crippen molar-refractivity contribution >= 4 is 23.4 Å². The summed E-state index contributed by atoms with van der Waals surface area (Å²) in [5, 5.41) is 9.97. The molecule has 0 unspecified atom stereocenters. The summed E-state index contributed by atoms with van der Waals surface area (Å²) < 4.78 is 50.1. The molecule has 0 saturated heterocycles. The lowest BCUT2D eigenvalue weighted by atomic mass is 10.2. The normalized spacial score (nSPS) is 10.7. The molecule has 140 valence electrons. The molecule has 0 aliphatic rings. The van der Waals surface area contributed by atoms with E-state index in [4.69, 9.17) is 9.15 Å². The first-order valence-electron chi connectivity index (χ1n) is 7.52. The van der Waals surface area contributed by atoms with Crippen LogP contribution in [0.2, 0.25) is 0 Å². The number of aromatic nitrogens is 2. The van der Waals surface area contributed by atoms with Crippen molar-refractivity contribution in [3.05, 3.63) is 53.8 Å². The molecule has 0 radical (unpaired) electrons.